The number of sulfonamides is 1. The molecule has 0 atom stereocenters. The van der Waals surface area contributed by atoms with E-state index in [1.54, 1.807) is 25.2 Å². The van der Waals surface area contributed by atoms with Crippen molar-refractivity contribution in [2.24, 2.45) is 5.14 Å². The number of benzene rings is 2. The molecule has 122 valence electrons. The Hall–Kier alpha value is -2.38. The molecule has 0 radical (unpaired) electrons. The van der Waals surface area contributed by atoms with Crippen molar-refractivity contribution < 1.29 is 17.9 Å². The Morgan fingerprint density at radius 3 is 2.30 bits per heavy atom. The first-order valence-corrected chi connectivity index (χ1v) is 8.36. The molecule has 0 aliphatic carbocycles. The Morgan fingerprint density at radius 2 is 1.74 bits per heavy atom. The van der Waals surface area contributed by atoms with Crippen molar-refractivity contribution in [2.75, 3.05) is 14.2 Å². The van der Waals surface area contributed by atoms with E-state index in [-0.39, 0.29) is 16.6 Å². The van der Waals surface area contributed by atoms with Gasteiger partial charge in [-0.25, -0.2) is 13.6 Å². The Labute approximate surface area is 135 Å². The Balaban J connectivity index is 2.62. The van der Waals surface area contributed by atoms with Gasteiger partial charge >= 0.3 is 0 Å². The highest BCUT2D eigenvalue weighted by Gasteiger charge is 2.17. The molecule has 6 nitrogen and oxygen atoms in total. The molecule has 0 spiro atoms. The fourth-order valence-electron chi connectivity index (χ4n) is 2.26. The number of primary sulfonamides is 1. The molecule has 23 heavy (non-hydrogen) atoms. The van der Waals surface area contributed by atoms with E-state index < -0.39 is 10.0 Å². The van der Waals surface area contributed by atoms with E-state index in [1.807, 2.05) is 13.0 Å². The molecule has 0 aliphatic rings. The number of methoxy groups -OCH3 is 1. The lowest BCUT2D eigenvalue weighted by Crippen LogP contribution is -2.19. The van der Waals surface area contributed by atoms with Crippen LogP contribution in [-0.4, -0.2) is 28.5 Å². The number of amides is 1. The van der Waals surface area contributed by atoms with E-state index in [0.29, 0.717) is 16.7 Å². The summed E-state index contributed by atoms with van der Waals surface area (Å²) in [5.41, 5.74) is 2.69. The lowest BCUT2D eigenvalue weighted by Gasteiger charge is -2.11. The lowest BCUT2D eigenvalue weighted by atomic mass is 9.99. The number of rotatable bonds is 4. The number of nitrogens with one attached hydrogen (secondary N) is 1. The molecular weight excluding hydrogens is 316 g/mol. The maximum absolute atomic E-state index is 11.9. The summed E-state index contributed by atoms with van der Waals surface area (Å²) in [5.74, 6) is -0.0283. The number of hydrogen-bond acceptors (Lipinski definition) is 4. The average Bonchev–Trinajstić information content (AvgIpc) is 2.53. The molecule has 0 bridgehead atoms. The van der Waals surface area contributed by atoms with Gasteiger partial charge in [-0.2, -0.15) is 0 Å². The largest absolute Gasteiger partial charge is 0.495 e. The second-order valence-corrected chi connectivity index (χ2v) is 6.55. The number of ether oxygens (including phenoxy) is 1. The first kappa shape index (κ1) is 17.0. The lowest BCUT2D eigenvalue weighted by molar-refractivity contribution is 0.0962. The van der Waals surface area contributed by atoms with E-state index in [9.17, 15) is 13.2 Å². The zero-order chi connectivity index (χ0) is 17.2. The molecule has 7 heteroatoms. The number of hydrogen-bond donors (Lipinski definition) is 2. The number of nitrogens with two attached hydrogens (primary N) is 1. The first-order chi connectivity index (χ1) is 10.8. The molecule has 0 saturated carbocycles. The normalized spacial score (nSPS) is 11.1. The summed E-state index contributed by atoms with van der Waals surface area (Å²) in [6.45, 7) is 1.83. The minimum Gasteiger partial charge on any atom is -0.495 e. The molecule has 2 aromatic carbocycles. The first-order valence-electron chi connectivity index (χ1n) is 6.82. The minimum absolute atomic E-state index is 0.0976. The summed E-state index contributed by atoms with van der Waals surface area (Å²) >= 11 is 0. The molecule has 0 unspecified atom stereocenters. The predicted octanol–water partition coefficient (Wildman–Crippen LogP) is 1.68. The van der Waals surface area contributed by atoms with E-state index >= 15 is 0 Å². The zero-order valence-corrected chi connectivity index (χ0v) is 13.9. The molecule has 0 saturated heterocycles. The SMILES string of the molecule is CNC(=O)c1cc(-c2ccc(OC)c(S(N)(=O)=O)c2)ccc1C. The summed E-state index contributed by atoms with van der Waals surface area (Å²) in [4.78, 5) is 11.8. The van der Waals surface area contributed by atoms with Crippen LogP contribution in [0.3, 0.4) is 0 Å². The van der Waals surface area contributed by atoms with Gasteiger partial charge in [0.2, 0.25) is 10.0 Å². The van der Waals surface area contributed by atoms with Crippen molar-refractivity contribution in [3.05, 3.63) is 47.5 Å². The van der Waals surface area contributed by atoms with Crippen LogP contribution in [0.5, 0.6) is 5.75 Å². The quantitative estimate of drug-likeness (QED) is 0.888. The topological polar surface area (TPSA) is 98.5 Å². The summed E-state index contributed by atoms with van der Waals surface area (Å²) in [6, 6.07) is 10.0. The molecule has 1 amide bonds. The van der Waals surface area contributed by atoms with Crippen molar-refractivity contribution in [1.82, 2.24) is 5.32 Å². The van der Waals surface area contributed by atoms with Gasteiger partial charge in [-0.15, -0.1) is 0 Å². The van der Waals surface area contributed by atoms with E-state index in [4.69, 9.17) is 9.88 Å². The van der Waals surface area contributed by atoms with Crippen molar-refractivity contribution in [3.63, 3.8) is 0 Å². The molecule has 0 aliphatic heterocycles. The van der Waals surface area contributed by atoms with Crippen molar-refractivity contribution in [3.8, 4) is 16.9 Å². The minimum atomic E-state index is -3.92. The van der Waals surface area contributed by atoms with Gasteiger partial charge in [0.05, 0.1) is 7.11 Å². The maximum Gasteiger partial charge on any atom is 0.251 e. The maximum atomic E-state index is 11.9. The molecular formula is C16H18N2O4S. The smallest absolute Gasteiger partial charge is 0.251 e. The van der Waals surface area contributed by atoms with Crippen LogP contribution in [0.4, 0.5) is 0 Å². The molecule has 0 heterocycles. The fraction of sp³-hybridized carbons (Fsp3) is 0.188. The van der Waals surface area contributed by atoms with Gasteiger partial charge in [0.25, 0.3) is 5.91 Å². The van der Waals surface area contributed by atoms with Crippen LogP contribution in [0, 0.1) is 6.92 Å². The van der Waals surface area contributed by atoms with E-state index in [1.165, 1.54) is 19.2 Å². The highest BCUT2D eigenvalue weighted by Crippen LogP contribution is 2.30. The summed E-state index contributed by atoms with van der Waals surface area (Å²) in [7, 11) is -0.989. The zero-order valence-electron chi connectivity index (χ0n) is 13.1. The monoisotopic (exact) mass is 334 g/mol. The fourth-order valence-corrected chi connectivity index (χ4v) is 2.98. The third kappa shape index (κ3) is 3.52. The second-order valence-electron chi connectivity index (χ2n) is 5.02. The van der Waals surface area contributed by atoms with Crippen LogP contribution >= 0.6 is 0 Å². The molecule has 2 rings (SSSR count). The van der Waals surface area contributed by atoms with Crippen LogP contribution in [0.15, 0.2) is 41.3 Å². The summed E-state index contributed by atoms with van der Waals surface area (Å²) < 4.78 is 28.4. The average molecular weight is 334 g/mol. The van der Waals surface area contributed by atoms with Gasteiger partial charge in [0.1, 0.15) is 10.6 Å². The molecule has 2 aromatic rings. The van der Waals surface area contributed by atoms with Crippen molar-refractivity contribution >= 4 is 15.9 Å². The standard InChI is InChI=1S/C16H18N2O4S/c1-10-4-5-11(8-13(10)16(19)18-2)12-6-7-14(22-3)15(9-12)23(17,20)21/h4-9H,1-3H3,(H,18,19)(H2,17,20,21). The van der Waals surface area contributed by atoms with Crippen LogP contribution in [-0.2, 0) is 10.0 Å². The Kier molecular flexibility index (Phi) is 4.72. The third-order valence-electron chi connectivity index (χ3n) is 3.51. The Bertz CT molecular complexity index is 860. The summed E-state index contributed by atoms with van der Waals surface area (Å²) in [5, 5.41) is 7.81. The third-order valence-corrected chi connectivity index (χ3v) is 4.44. The Morgan fingerprint density at radius 1 is 1.13 bits per heavy atom. The van der Waals surface area contributed by atoms with Gasteiger partial charge in [-0.1, -0.05) is 18.2 Å². The van der Waals surface area contributed by atoms with E-state index in [2.05, 4.69) is 5.32 Å². The number of carbonyl (C=O) groups excluding carboxylic acids is 1. The van der Waals surface area contributed by atoms with Gasteiger partial charge in [0, 0.05) is 12.6 Å². The van der Waals surface area contributed by atoms with Crippen LogP contribution in [0.1, 0.15) is 15.9 Å². The van der Waals surface area contributed by atoms with Gasteiger partial charge in [0.15, 0.2) is 0 Å². The van der Waals surface area contributed by atoms with Crippen molar-refractivity contribution in [1.29, 1.82) is 0 Å². The van der Waals surface area contributed by atoms with Crippen LogP contribution < -0.4 is 15.2 Å². The molecule has 0 fully saturated rings. The van der Waals surface area contributed by atoms with Gasteiger partial charge in [-0.05, 0) is 41.8 Å². The van der Waals surface area contributed by atoms with Gasteiger partial charge in [-0.3, -0.25) is 4.79 Å². The highest BCUT2D eigenvalue weighted by molar-refractivity contribution is 7.89. The number of aryl methyl sites for hydroxylation is 1. The van der Waals surface area contributed by atoms with Crippen molar-refractivity contribution in [2.45, 2.75) is 11.8 Å². The molecule has 3 N–H and O–H groups in total. The highest BCUT2D eigenvalue weighted by atomic mass is 32.2. The second kappa shape index (κ2) is 6.39. The predicted molar refractivity (Wildman–Crippen MR) is 87.9 cm³/mol. The van der Waals surface area contributed by atoms with Gasteiger partial charge < -0.3 is 10.1 Å². The van der Waals surface area contributed by atoms with Crippen LogP contribution in [0.25, 0.3) is 11.1 Å². The number of carbonyl (C=O) groups is 1. The van der Waals surface area contributed by atoms with E-state index in [0.717, 1.165) is 5.56 Å². The summed E-state index contributed by atoms with van der Waals surface area (Å²) in [6.07, 6.45) is 0. The molecule has 0 aromatic heterocycles. The van der Waals surface area contributed by atoms with Crippen LogP contribution in [0.2, 0.25) is 0 Å².